The second-order valence-corrected chi connectivity index (χ2v) is 7.49. The lowest BCUT2D eigenvalue weighted by Crippen LogP contribution is -2.34. The van der Waals surface area contributed by atoms with Crippen molar-refractivity contribution in [2.24, 2.45) is 0 Å². The van der Waals surface area contributed by atoms with E-state index >= 15 is 0 Å². The summed E-state index contributed by atoms with van der Waals surface area (Å²) < 4.78 is 27.9. The van der Waals surface area contributed by atoms with Gasteiger partial charge >= 0.3 is 0 Å². The van der Waals surface area contributed by atoms with E-state index in [9.17, 15) is 8.42 Å². The molecule has 0 aliphatic carbocycles. The molecule has 0 bridgehead atoms. The molecule has 0 radical (unpaired) electrons. The van der Waals surface area contributed by atoms with E-state index in [2.05, 4.69) is 5.32 Å². The van der Waals surface area contributed by atoms with E-state index < -0.39 is 9.84 Å². The third kappa shape index (κ3) is 7.72. The Morgan fingerprint density at radius 3 is 2.75 bits per heavy atom. The van der Waals surface area contributed by atoms with Gasteiger partial charge < -0.3 is 10.1 Å². The van der Waals surface area contributed by atoms with Gasteiger partial charge in [0.1, 0.15) is 22.2 Å². The third-order valence-electron chi connectivity index (χ3n) is 2.81. The van der Waals surface area contributed by atoms with Gasteiger partial charge in [-0.2, -0.15) is 0 Å². The molecule has 1 unspecified atom stereocenters. The van der Waals surface area contributed by atoms with Crippen molar-refractivity contribution in [3.8, 4) is 5.75 Å². The largest absolute Gasteiger partial charge is 0.492 e. The Labute approximate surface area is 126 Å². The number of nitrogens with one attached hydrogen (secondary N) is 1. The smallest absolute Gasteiger partial charge is 0.147 e. The molecule has 20 heavy (non-hydrogen) atoms. The molecule has 114 valence electrons. The van der Waals surface area contributed by atoms with Crippen molar-refractivity contribution in [1.29, 1.82) is 0 Å². The van der Waals surface area contributed by atoms with Crippen LogP contribution in [0.2, 0.25) is 5.02 Å². The summed E-state index contributed by atoms with van der Waals surface area (Å²) in [5.41, 5.74) is 0. The second kappa shape index (κ2) is 8.49. The molecule has 0 saturated heterocycles. The van der Waals surface area contributed by atoms with Gasteiger partial charge in [-0.1, -0.05) is 24.6 Å². The zero-order chi connectivity index (χ0) is 15.0. The van der Waals surface area contributed by atoms with Crippen molar-refractivity contribution >= 4 is 21.4 Å². The minimum absolute atomic E-state index is 0.140. The molecule has 1 rings (SSSR count). The predicted molar refractivity (Wildman–Crippen MR) is 83.4 cm³/mol. The summed E-state index contributed by atoms with van der Waals surface area (Å²) in [6.07, 6.45) is 2.66. The molecule has 0 amide bonds. The number of likely N-dealkylation sites (N-methyl/N-ethyl adjacent to an activating group) is 1. The van der Waals surface area contributed by atoms with Crippen LogP contribution in [0.1, 0.15) is 19.8 Å². The molecule has 1 atom stereocenters. The standard InChI is InChI=1S/C14H22ClNO3S/c1-3-16-13(7-5-9-20(2,17)18)11-19-14-8-4-6-12(15)10-14/h4,6,8,10,13,16H,3,5,7,9,11H2,1-2H3. The average Bonchev–Trinajstić information content (AvgIpc) is 2.34. The molecule has 0 aromatic heterocycles. The molecule has 1 N–H and O–H groups in total. The van der Waals surface area contributed by atoms with Gasteiger partial charge in [0.25, 0.3) is 0 Å². The van der Waals surface area contributed by atoms with Crippen molar-refractivity contribution in [3.05, 3.63) is 29.3 Å². The van der Waals surface area contributed by atoms with Crippen LogP contribution in [0.25, 0.3) is 0 Å². The topological polar surface area (TPSA) is 55.4 Å². The highest BCUT2D eigenvalue weighted by atomic mass is 35.5. The number of ether oxygens (including phenoxy) is 1. The van der Waals surface area contributed by atoms with Gasteiger partial charge in [-0.3, -0.25) is 0 Å². The normalized spacial score (nSPS) is 13.2. The van der Waals surface area contributed by atoms with E-state index in [1.807, 2.05) is 19.1 Å². The van der Waals surface area contributed by atoms with Crippen molar-refractivity contribution in [2.45, 2.75) is 25.8 Å². The van der Waals surface area contributed by atoms with Crippen LogP contribution in [0, 0.1) is 0 Å². The van der Waals surface area contributed by atoms with Crippen LogP contribution in [0.15, 0.2) is 24.3 Å². The van der Waals surface area contributed by atoms with Gasteiger partial charge in [0, 0.05) is 23.1 Å². The Hall–Kier alpha value is -0.780. The first-order valence-corrected chi connectivity index (χ1v) is 9.14. The Bertz CT molecular complexity index is 505. The van der Waals surface area contributed by atoms with Gasteiger partial charge in [0.2, 0.25) is 0 Å². The van der Waals surface area contributed by atoms with Gasteiger partial charge in [-0.25, -0.2) is 8.42 Å². The molecule has 0 aliphatic heterocycles. The summed E-state index contributed by atoms with van der Waals surface area (Å²) in [5, 5.41) is 3.94. The minimum atomic E-state index is -2.89. The molecule has 1 aromatic rings. The van der Waals surface area contributed by atoms with Crippen LogP contribution >= 0.6 is 11.6 Å². The number of halogens is 1. The maximum Gasteiger partial charge on any atom is 0.147 e. The van der Waals surface area contributed by atoms with Crippen LogP contribution < -0.4 is 10.1 Å². The Morgan fingerprint density at radius 2 is 2.15 bits per heavy atom. The number of hydrogen-bond donors (Lipinski definition) is 1. The van der Waals surface area contributed by atoms with Crippen LogP contribution in [0.4, 0.5) is 0 Å². The van der Waals surface area contributed by atoms with Crippen molar-refractivity contribution in [1.82, 2.24) is 5.32 Å². The van der Waals surface area contributed by atoms with E-state index in [0.717, 1.165) is 18.7 Å². The maximum absolute atomic E-state index is 11.1. The zero-order valence-electron chi connectivity index (χ0n) is 11.9. The lowest BCUT2D eigenvalue weighted by molar-refractivity contribution is 0.258. The fourth-order valence-electron chi connectivity index (χ4n) is 1.88. The molecular weight excluding hydrogens is 298 g/mol. The number of rotatable bonds is 9. The molecule has 0 heterocycles. The first-order valence-electron chi connectivity index (χ1n) is 6.70. The van der Waals surface area contributed by atoms with Gasteiger partial charge in [-0.15, -0.1) is 0 Å². The second-order valence-electron chi connectivity index (χ2n) is 4.80. The van der Waals surface area contributed by atoms with Crippen molar-refractivity contribution < 1.29 is 13.2 Å². The molecule has 0 spiro atoms. The Kier molecular flexibility index (Phi) is 7.34. The van der Waals surface area contributed by atoms with Crippen LogP contribution in [-0.2, 0) is 9.84 Å². The first kappa shape index (κ1) is 17.3. The van der Waals surface area contributed by atoms with Crippen molar-refractivity contribution in [3.63, 3.8) is 0 Å². The van der Waals surface area contributed by atoms with E-state index in [0.29, 0.717) is 18.1 Å². The summed E-state index contributed by atoms with van der Waals surface area (Å²) in [5.74, 6) is 0.940. The predicted octanol–water partition coefficient (Wildman–Crippen LogP) is 2.52. The average molecular weight is 320 g/mol. The van der Waals surface area contributed by atoms with Crippen molar-refractivity contribution in [2.75, 3.05) is 25.2 Å². The van der Waals surface area contributed by atoms with E-state index in [1.165, 1.54) is 6.26 Å². The van der Waals surface area contributed by atoms with E-state index in [1.54, 1.807) is 12.1 Å². The highest BCUT2D eigenvalue weighted by Gasteiger charge is 2.10. The molecular formula is C14H22ClNO3S. The highest BCUT2D eigenvalue weighted by molar-refractivity contribution is 7.90. The highest BCUT2D eigenvalue weighted by Crippen LogP contribution is 2.17. The number of hydrogen-bond acceptors (Lipinski definition) is 4. The lowest BCUT2D eigenvalue weighted by atomic mass is 10.2. The zero-order valence-corrected chi connectivity index (χ0v) is 13.5. The molecule has 6 heteroatoms. The molecule has 1 aromatic carbocycles. The van der Waals surface area contributed by atoms with Gasteiger partial charge in [-0.05, 0) is 37.6 Å². The van der Waals surface area contributed by atoms with Crippen LogP contribution in [-0.4, -0.2) is 39.6 Å². The summed E-state index contributed by atoms with van der Waals surface area (Å²) in [6.45, 7) is 3.34. The minimum Gasteiger partial charge on any atom is -0.492 e. The molecule has 4 nitrogen and oxygen atoms in total. The monoisotopic (exact) mass is 319 g/mol. The number of benzene rings is 1. The summed E-state index contributed by atoms with van der Waals surface area (Å²) in [6, 6.07) is 7.39. The SMILES string of the molecule is CCNC(CCCS(C)(=O)=O)COc1cccc(Cl)c1. The summed E-state index contributed by atoms with van der Waals surface area (Å²) in [4.78, 5) is 0. The molecule has 0 aliphatic rings. The van der Waals surface area contributed by atoms with Crippen LogP contribution in [0.3, 0.4) is 0 Å². The maximum atomic E-state index is 11.1. The fraction of sp³-hybridized carbons (Fsp3) is 0.571. The van der Waals surface area contributed by atoms with Crippen LogP contribution in [0.5, 0.6) is 5.75 Å². The Morgan fingerprint density at radius 1 is 1.40 bits per heavy atom. The van der Waals surface area contributed by atoms with Gasteiger partial charge in [0.05, 0.1) is 0 Å². The fourth-order valence-corrected chi connectivity index (χ4v) is 2.75. The molecule has 0 saturated carbocycles. The van der Waals surface area contributed by atoms with E-state index in [-0.39, 0.29) is 11.8 Å². The number of sulfone groups is 1. The van der Waals surface area contributed by atoms with Gasteiger partial charge in [0.15, 0.2) is 0 Å². The quantitative estimate of drug-likeness (QED) is 0.760. The van der Waals surface area contributed by atoms with E-state index in [4.69, 9.17) is 16.3 Å². The summed E-state index contributed by atoms with van der Waals surface area (Å²) in [7, 11) is -2.89. The lowest BCUT2D eigenvalue weighted by Gasteiger charge is -2.18. The third-order valence-corrected chi connectivity index (χ3v) is 4.07. The Balaban J connectivity index is 2.42. The first-order chi connectivity index (χ1) is 9.40. The molecule has 0 fully saturated rings. The summed E-state index contributed by atoms with van der Waals surface area (Å²) >= 11 is 5.89.